The summed E-state index contributed by atoms with van der Waals surface area (Å²) in [6.07, 6.45) is 2.08. The van der Waals surface area contributed by atoms with Crippen LogP contribution in [0.5, 0.6) is 0 Å². The van der Waals surface area contributed by atoms with Crippen molar-refractivity contribution >= 4 is 17.5 Å². The standard InChI is InChI=1S/C19H24N4O3/c1-26-19(25)17-6-7-18(22-21-17)20-12-14-2-4-16(5-3-14)23-10-8-15(13-24)9-11-23/h2-7,15,24H,8-13H2,1H3,(H,20,22). The Hall–Kier alpha value is -2.67. The lowest BCUT2D eigenvalue weighted by Gasteiger charge is -2.33. The molecule has 1 aliphatic heterocycles. The summed E-state index contributed by atoms with van der Waals surface area (Å²) < 4.78 is 4.60. The highest BCUT2D eigenvalue weighted by Crippen LogP contribution is 2.23. The van der Waals surface area contributed by atoms with Gasteiger partial charge in [-0.3, -0.25) is 0 Å². The molecule has 138 valence electrons. The number of aliphatic hydroxyl groups is 1. The van der Waals surface area contributed by atoms with E-state index in [4.69, 9.17) is 0 Å². The Morgan fingerprint density at radius 2 is 1.92 bits per heavy atom. The first-order valence-electron chi connectivity index (χ1n) is 8.80. The minimum atomic E-state index is -0.498. The Bertz CT molecular complexity index is 711. The minimum Gasteiger partial charge on any atom is -0.464 e. The van der Waals surface area contributed by atoms with Gasteiger partial charge in [-0.2, -0.15) is 0 Å². The molecule has 1 aliphatic rings. The maximum atomic E-state index is 11.3. The molecule has 1 fully saturated rings. The van der Waals surface area contributed by atoms with Crippen molar-refractivity contribution in [1.82, 2.24) is 10.2 Å². The van der Waals surface area contributed by atoms with Crippen LogP contribution in [-0.4, -0.2) is 48.1 Å². The quantitative estimate of drug-likeness (QED) is 0.766. The van der Waals surface area contributed by atoms with Crippen LogP contribution in [-0.2, 0) is 11.3 Å². The Morgan fingerprint density at radius 1 is 1.19 bits per heavy atom. The lowest BCUT2D eigenvalue weighted by atomic mass is 9.97. The first-order valence-corrected chi connectivity index (χ1v) is 8.80. The molecule has 0 spiro atoms. The molecular formula is C19H24N4O3. The number of carbonyl (C=O) groups is 1. The zero-order valence-electron chi connectivity index (χ0n) is 14.9. The van der Waals surface area contributed by atoms with Crippen LogP contribution >= 0.6 is 0 Å². The summed E-state index contributed by atoms with van der Waals surface area (Å²) in [6.45, 7) is 2.90. The van der Waals surface area contributed by atoms with E-state index in [0.29, 0.717) is 24.9 Å². The van der Waals surface area contributed by atoms with Gasteiger partial charge in [0.05, 0.1) is 7.11 Å². The van der Waals surface area contributed by atoms with Crippen LogP contribution in [0.3, 0.4) is 0 Å². The molecule has 0 aliphatic carbocycles. The van der Waals surface area contributed by atoms with E-state index in [9.17, 15) is 9.90 Å². The highest BCUT2D eigenvalue weighted by atomic mass is 16.5. The molecule has 0 amide bonds. The third-order valence-electron chi connectivity index (χ3n) is 4.71. The number of esters is 1. The molecule has 26 heavy (non-hydrogen) atoms. The van der Waals surface area contributed by atoms with E-state index in [2.05, 4.69) is 49.4 Å². The first kappa shape index (κ1) is 18.1. The van der Waals surface area contributed by atoms with E-state index < -0.39 is 5.97 Å². The molecule has 2 heterocycles. The topological polar surface area (TPSA) is 87.6 Å². The average Bonchev–Trinajstić information content (AvgIpc) is 2.72. The van der Waals surface area contributed by atoms with Crippen LogP contribution in [0.4, 0.5) is 11.5 Å². The summed E-state index contributed by atoms with van der Waals surface area (Å²) in [5.41, 5.74) is 2.54. The molecule has 0 atom stereocenters. The molecule has 0 bridgehead atoms. The summed E-state index contributed by atoms with van der Waals surface area (Å²) in [4.78, 5) is 13.7. The summed E-state index contributed by atoms with van der Waals surface area (Å²) >= 11 is 0. The molecule has 0 radical (unpaired) electrons. The monoisotopic (exact) mass is 356 g/mol. The van der Waals surface area contributed by atoms with E-state index in [1.54, 1.807) is 12.1 Å². The van der Waals surface area contributed by atoms with Gasteiger partial charge in [-0.15, -0.1) is 10.2 Å². The highest BCUT2D eigenvalue weighted by molar-refractivity contribution is 5.86. The largest absolute Gasteiger partial charge is 0.464 e. The van der Waals surface area contributed by atoms with Crippen LogP contribution in [0.25, 0.3) is 0 Å². The second kappa shape index (κ2) is 8.62. The average molecular weight is 356 g/mol. The van der Waals surface area contributed by atoms with Crippen molar-refractivity contribution in [1.29, 1.82) is 0 Å². The molecule has 1 saturated heterocycles. The number of hydrogen-bond donors (Lipinski definition) is 2. The van der Waals surface area contributed by atoms with Gasteiger partial charge in [0.1, 0.15) is 5.82 Å². The zero-order valence-corrected chi connectivity index (χ0v) is 14.9. The molecule has 0 unspecified atom stereocenters. The summed E-state index contributed by atoms with van der Waals surface area (Å²) in [6, 6.07) is 11.7. The fourth-order valence-electron chi connectivity index (χ4n) is 3.03. The van der Waals surface area contributed by atoms with Crippen LogP contribution < -0.4 is 10.2 Å². The van der Waals surface area contributed by atoms with Crippen LogP contribution in [0.15, 0.2) is 36.4 Å². The number of benzene rings is 1. The number of nitrogens with one attached hydrogen (secondary N) is 1. The van der Waals surface area contributed by atoms with Gasteiger partial charge >= 0.3 is 5.97 Å². The van der Waals surface area contributed by atoms with Gasteiger partial charge < -0.3 is 20.1 Å². The SMILES string of the molecule is COC(=O)c1ccc(NCc2ccc(N3CCC(CO)CC3)cc2)nn1. The fourth-order valence-corrected chi connectivity index (χ4v) is 3.03. The Morgan fingerprint density at radius 3 is 2.50 bits per heavy atom. The molecule has 7 nitrogen and oxygen atoms in total. The van der Waals surface area contributed by atoms with Crippen LogP contribution in [0.2, 0.25) is 0 Å². The van der Waals surface area contributed by atoms with E-state index in [1.807, 2.05) is 0 Å². The first-order chi connectivity index (χ1) is 12.7. The van der Waals surface area contributed by atoms with Gasteiger partial charge in [-0.25, -0.2) is 4.79 Å². The molecule has 1 aromatic heterocycles. The molecule has 1 aromatic carbocycles. The lowest BCUT2D eigenvalue weighted by molar-refractivity contribution is 0.0592. The molecule has 2 N–H and O–H groups in total. The predicted octanol–water partition coefficient (Wildman–Crippen LogP) is 2.08. The van der Waals surface area contributed by atoms with E-state index >= 15 is 0 Å². The number of aliphatic hydroxyl groups excluding tert-OH is 1. The molecule has 3 rings (SSSR count). The van der Waals surface area contributed by atoms with Gasteiger partial charge in [0, 0.05) is 31.9 Å². The molecule has 2 aromatic rings. The smallest absolute Gasteiger partial charge is 0.358 e. The number of hydrogen-bond acceptors (Lipinski definition) is 7. The predicted molar refractivity (Wildman–Crippen MR) is 99.2 cm³/mol. The van der Waals surface area contributed by atoms with Crippen molar-refractivity contribution in [2.75, 3.05) is 37.0 Å². The molecular weight excluding hydrogens is 332 g/mol. The second-order valence-electron chi connectivity index (χ2n) is 6.43. The zero-order chi connectivity index (χ0) is 18.4. The second-order valence-corrected chi connectivity index (χ2v) is 6.43. The summed E-state index contributed by atoms with van der Waals surface area (Å²) in [7, 11) is 1.31. The number of carbonyl (C=O) groups excluding carboxylic acids is 1. The summed E-state index contributed by atoms with van der Waals surface area (Å²) in [5.74, 6) is 0.553. The lowest BCUT2D eigenvalue weighted by Crippen LogP contribution is -2.34. The normalized spacial score (nSPS) is 14.9. The number of ether oxygens (including phenoxy) is 1. The van der Waals surface area contributed by atoms with Crippen molar-refractivity contribution in [3.8, 4) is 0 Å². The third-order valence-corrected chi connectivity index (χ3v) is 4.71. The van der Waals surface area contributed by atoms with Crippen molar-refractivity contribution in [2.45, 2.75) is 19.4 Å². The number of rotatable bonds is 6. The maximum absolute atomic E-state index is 11.3. The fraction of sp³-hybridized carbons (Fsp3) is 0.421. The molecule has 0 saturated carbocycles. The summed E-state index contributed by atoms with van der Waals surface area (Å²) in [5, 5.41) is 20.2. The number of aromatic nitrogens is 2. The Balaban J connectivity index is 1.52. The van der Waals surface area contributed by atoms with Crippen LogP contribution in [0.1, 0.15) is 28.9 Å². The number of piperidine rings is 1. The minimum absolute atomic E-state index is 0.187. The Kier molecular flexibility index (Phi) is 6.01. The van der Waals surface area contributed by atoms with E-state index in [0.717, 1.165) is 31.5 Å². The number of nitrogens with zero attached hydrogens (tertiary/aromatic N) is 3. The van der Waals surface area contributed by atoms with Gasteiger partial charge in [-0.1, -0.05) is 12.1 Å². The van der Waals surface area contributed by atoms with Crippen molar-refractivity contribution in [3.63, 3.8) is 0 Å². The van der Waals surface area contributed by atoms with Gasteiger partial charge in [0.25, 0.3) is 0 Å². The third kappa shape index (κ3) is 4.49. The van der Waals surface area contributed by atoms with Gasteiger partial charge in [0.15, 0.2) is 5.69 Å². The molecule has 7 heteroatoms. The van der Waals surface area contributed by atoms with E-state index in [1.165, 1.54) is 12.8 Å². The maximum Gasteiger partial charge on any atom is 0.358 e. The van der Waals surface area contributed by atoms with Crippen molar-refractivity contribution in [2.24, 2.45) is 5.92 Å². The van der Waals surface area contributed by atoms with Gasteiger partial charge in [0.2, 0.25) is 0 Å². The van der Waals surface area contributed by atoms with Crippen LogP contribution in [0, 0.1) is 5.92 Å². The van der Waals surface area contributed by atoms with E-state index in [-0.39, 0.29) is 5.69 Å². The number of methoxy groups -OCH3 is 1. The van der Waals surface area contributed by atoms with Crippen molar-refractivity contribution in [3.05, 3.63) is 47.7 Å². The number of anilines is 2. The van der Waals surface area contributed by atoms with Gasteiger partial charge in [-0.05, 0) is 48.6 Å². The Labute approximate surface area is 153 Å². The van der Waals surface area contributed by atoms with Crippen molar-refractivity contribution < 1.29 is 14.6 Å². The highest BCUT2D eigenvalue weighted by Gasteiger charge is 2.18.